The van der Waals surface area contributed by atoms with Crippen LogP contribution in [0, 0.1) is 0 Å². The van der Waals surface area contributed by atoms with Gasteiger partial charge in [0.05, 0.1) is 19.1 Å². The number of hydrogen-bond donors (Lipinski definition) is 1. The van der Waals surface area contributed by atoms with Crippen molar-refractivity contribution in [2.75, 3.05) is 20.2 Å². The average molecular weight is 300 g/mol. The first-order chi connectivity index (χ1) is 9.43. The quantitative estimate of drug-likeness (QED) is 0.786. The summed E-state index contributed by atoms with van der Waals surface area (Å²) in [5.74, 6) is -0.371. The molecule has 0 spiro atoms. The molecule has 0 aliphatic rings. The van der Waals surface area contributed by atoms with Crippen molar-refractivity contribution in [2.24, 2.45) is 0 Å². The van der Waals surface area contributed by atoms with Crippen molar-refractivity contribution in [1.29, 1.82) is 0 Å². The molecule has 0 aromatic heterocycles. The molecule has 1 aromatic rings. The molecule has 0 saturated heterocycles. The smallest absolute Gasteiger partial charge is 0.308 e. The molecular formula is C15H22ClNO3. The Hall–Kier alpha value is -1.10. The van der Waals surface area contributed by atoms with Crippen LogP contribution in [-0.2, 0) is 9.53 Å². The molecular weight excluding hydrogens is 278 g/mol. The van der Waals surface area contributed by atoms with E-state index in [-0.39, 0.29) is 18.4 Å². The van der Waals surface area contributed by atoms with E-state index in [4.69, 9.17) is 16.3 Å². The highest BCUT2D eigenvalue weighted by molar-refractivity contribution is 6.30. The third-order valence-corrected chi connectivity index (χ3v) is 3.43. The molecule has 20 heavy (non-hydrogen) atoms. The molecule has 4 nitrogen and oxygen atoms in total. The Morgan fingerprint density at radius 3 is 2.80 bits per heavy atom. The Balaban J connectivity index is 2.53. The van der Waals surface area contributed by atoms with E-state index in [0.29, 0.717) is 18.2 Å². The SMILES string of the molecule is CCOC(=O)CC(O)CN(C)C(C)c1cccc(Cl)c1. The summed E-state index contributed by atoms with van der Waals surface area (Å²) in [6.07, 6.45) is -0.721. The largest absolute Gasteiger partial charge is 0.466 e. The number of hydrogen-bond acceptors (Lipinski definition) is 4. The molecule has 0 fully saturated rings. The van der Waals surface area contributed by atoms with Gasteiger partial charge in [0.15, 0.2) is 0 Å². The summed E-state index contributed by atoms with van der Waals surface area (Å²) in [5.41, 5.74) is 1.07. The molecule has 2 unspecified atom stereocenters. The van der Waals surface area contributed by atoms with E-state index in [0.717, 1.165) is 5.56 Å². The van der Waals surface area contributed by atoms with Crippen molar-refractivity contribution in [3.63, 3.8) is 0 Å². The van der Waals surface area contributed by atoms with Crippen LogP contribution in [-0.4, -0.2) is 42.3 Å². The van der Waals surface area contributed by atoms with E-state index in [1.54, 1.807) is 6.92 Å². The summed E-state index contributed by atoms with van der Waals surface area (Å²) < 4.78 is 4.82. The second kappa shape index (κ2) is 8.25. The normalized spacial score (nSPS) is 14.1. The highest BCUT2D eigenvalue weighted by atomic mass is 35.5. The number of benzene rings is 1. The second-order valence-corrected chi connectivity index (χ2v) is 5.27. The number of carbonyl (C=O) groups is 1. The highest BCUT2D eigenvalue weighted by Crippen LogP contribution is 2.22. The lowest BCUT2D eigenvalue weighted by molar-refractivity contribution is -0.145. The number of carbonyl (C=O) groups excluding carboxylic acids is 1. The lowest BCUT2D eigenvalue weighted by atomic mass is 10.1. The van der Waals surface area contributed by atoms with Gasteiger partial charge in [-0.05, 0) is 38.6 Å². The van der Waals surface area contributed by atoms with Gasteiger partial charge in [0, 0.05) is 17.6 Å². The molecule has 0 radical (unpaired) electrons. The Morgan fingerprint density at radius 1 is 1.50 bits per heavy atom. The van der Waals surface area contributed by atoms with Crippen LogP contribution >= 0.6 is 11.6 Å². The number of halogens is 1. The summed E-state index contributed by atoms with van der Waals surface area (Å²) in [5, 5.41) is 10.6. The van der Waals surface area contributed by atoms with Gasteiger partial charge in [-0.1, -0.05) is 23.7 Å². The van der Waals surface area contributed by atoms with Gasteiger partial charge in [-0.3, -0.25) is 9.69 Å². The van der Waals surface area contributed by atoms with Crippen LogP contribution in [0.4, 0.5) is 0 Å². The molecule has 0 aliphatic heterocycles. The van der Waals surface area contributed by atoms with Gasteiger partial charge >= 0.3 is 5.97 Å². The fraction of sp³-hybridized carbons (Fsp3) is 0.533. The summed E-state index contributed by atoms with van der Waals surface area (Å²) in [7, 11) is 1.90. The lowest BCUT2D eigenvalue weighted by Gasteiger charge is -2.27. The van der Waals surface area contributed by atoms with E-state index in [2.05, 4.69) is 0 Å². The van der Waals surface area contributed by atoms with Gasteiger partial charge in [0.1, 0.15) is 0 Å². The van der Waals surface area contributed by atoms with Crippen molar-refractivity contribution in [1.82, 2.24) is 4.90 Å². The molecule has 1 N–H and O–H groups in total. The predicted octanol–water partition coefficient (Wildman–Crippen LogP) is 2.65. The Bertz CT molecular complexity index is 439. The Labute approximate surface area is 125 Å². The highest BCUT2D eigenvalue weighted by Gasteiger charge is 2.18. The molecule has 5 heteroatoms. The summed E-state index contributed by atoms with van der Waals surface area (Å²) in [6, 6.07) is 7.72. The molecule has 0 aliphatic carbocycles. The monoisotopic (exact) mass is 299 g/mol. The number of rotatable bonds is 7. The number of aliphatic hydroxyl groups excluding tert-OH is 1. The first-order valence-electron chi connectivity index (χ1n) is 6.73. The molecule has 0 heterocycles. The molecule has 2 atom stereocenters. The van der Waals surface area contributed by atoms with Crippen LogP contribution in [0.25, 0.3) is 0 Å². The van der Waals surface area contributed by atoms with Crippen LogP contribution in [0.1, 0.15) is 31.9 Å². The van der Waals surface area contributed by atoms with E-state index < -0.39 is 6.10 Å². The number of aliphatic hydroxyl groups is 1. The van der Waals surface area contributed by atoms with Gasteiger partial charge in [0.25, 0.3) is 0 Å². The van der Waals surface area contributed by atoms with Gasteiger partial charge in [-0.15, -0.1) is 0 Å². The third-order valence-electron chi connectivity index (χ3n) is 3.20. The van der Waals surface area contributed by atoms with E-state index in [9.17, 15) is 9.90 Å². The van der Waals surface area contributed by atoms with Crippen LogP contribution in [0.5, 0.6) is 0 Å². The molecule has 0 bridgehead atoms. The fourth-order valence-electron chi connectivity index (χ4n) is 1.99. The molecule has 0 amide bonds. The molecule has 1 aromatic carbocycles. The van der Waals surface area contributed by atoms with E-state index in [1.807, 2.05) is 43.1 Å². The van der Waals surface area contributed by atoms with Crippen molar-refractivity contribution in [2.45, 2.75) is 32.4 Å². The fourth-order valence-corrected chi connectivity index (χ4v) is 2.19. The number of esters is 1. The van der Waals surface area contributed by atoms with Gasteiger partial charge in [0.2, 0.25) is 0 Å². The summed E-state index contributed by atoms with van der Waals surface area (Å²) in [4.78, 5) is 13.3. The van der Waals surface area contributed by atoms with Crippen LogP contribution in [0.3, 0.4) is 0 Å². The maximum Gasteiger partial charge on any atom is 0.308 e. The minimum atomic E-state index is -0.735. The zero-order valence-electron chi connectivity index (χ0n) is 12.2. The summed E-state index contributed by atoms with van der Waals surface area (Å²) in [6.45, 7) is 4.51. The second-order valence-electron chi connectivity index (χ2n) is 4.83. The van der Waals surface area contributed by atoms with Crippen LogP contribution in [0.2, 0.25) is 5.02 Å². The third kappa shape index (κ3) is 5.49. The van der Waals surface area contributed by atoms with Crippen LogP contribution < -0.4 is 0 Å². The standard InChI is InChI=1S/C15H22ClNO3/c1-4-20-15(19)9-14(18)10-17(3)11(2)12-6-5-7-13(16)8-12/h5-8,11,14,18H,4,9-10H2,1-3H3. The van der Waals surface area contributed by atoms with Crippen molar-refractivity contribution in [3.05, 3.63) is 34.9 Å². The minimum absolute atomic E-state index is 0.0143. The van der Waals surface area contributed by atoms with Gasteiger partial charge < -0.3 is 9.84 Å². The first kappa shape index (κ1) is 17.0. The van der Waals surface area contributed by atoms with Crippen molar-refractivity contribution in [3.8, 4) is 0 Å². The molecule has 0 saturated carbocycles. The average Bonchev–Trinajstić information content (AvgIpc) is 2.37. The Morgan fingerprint density at radius 2 is 2.20 bits per heavy atom. The van der Waals surface area contributed by atoms with E-state index >= 15 is 0 Å². The zero-order valence-corrected chi connectivity index (χ0v) is 12.9. The van der Waals surface area contributed by atoms with Gasteiger partial charge in [-0.25, -0.2) is 0 Å². The Kier molecular flexibility index (Phi) is 6.99. The predicted molar refractivity (Wildman–Crippen MR) is 79.8 cm³/mol. The van der Waals surface area contributed by atoms with E-state index in [1.165, 1.54) is 0 Å². The molecule has 112 valence electrons. The number of ether oxygens (including phenoxy) is 1. The summed E-state index contributed by atoms with van der Waals surface area (Å²) >= 11 is 5.97. The topological polar surface area (TPSA) is 49.8 Å². The van der Waals surface area contributed by atoms with Crippen molar-refractivity contribution >= 4 is 17.6 Å². The zero-order chi connectivity index (χ0) is 15.1. The number of nitrogens with zero attached hydrogens (tertiary/aromatic N) is 1. The lowest BCUT2D eigenvalue weighted by Crippen LogP contribution is -2.33. The van der Waals surface area contributed by atoms with Crippen LogP contribution in [0.15, 0.2) is 24.3 Å². The van der Waals surface area contributed by atoms with Crippen molar-refractivity contribution < 1.29 is 14.6 Å². The first-order valence-corrected chi connectivity index (χ1v) is 7.11. The maximum atomic E-state index is 11.3. The molecule has 1 rings (SSSR count). The minimum Gasteiger partial charge on any atom is -0.466 e. The number of likely N-dealkylation sites (N-methyl/N-ethyl adjacent to an activating group) is 1. The van der Waals surface area contributed by atoms with Gasteiger partial charge in [-0.2, -0.15) is 0 Å². The maximum absolute atomic E-state index is 11.3.